The van der Waals surface area contributed by atoms with Crippen LogP contribution in [0.3, 0.4) is 0 Å². The molecule has 0 saturated heterocycles. The third-order valence-corrected chi connectivity index (χ3v) is 3.99. The Balaban J connectivity index is 0.00000280. The van der Waals surface area contributed by atoms with E-state index in [0.29, 0.717) is 11.1 Å². The van der Waals surface area contributed by atoms with Gasteiger partial charge in [-0.25, -0.2) is 9.37 Å². The summed E-state index contributed by atoms with van der Waals surface area (Å²) in [5, 5.41) is 13.0. The molecule has 0 saturated carbocycles. The van der Waals surface area contributed by atoms with Gasteiger partial charge in [-0.15, -0.1) is 12.4 Å². The SMILES string of the molecule is Cl.NCC=C(F)Cn1cnc2c(-c3cnn(CCO)c3)cc(C(F)(F)F)cc21. The molecule has 11 heteroatoms. The van der Waals surface area contributed by atoms with Crippen molar-refractivity contribution < 1.29 is 22.7 Å². The first kappa shape index (κ1) is 21.9. The number of imidazole rings is 1. The molecule has 0 atom stereocenters. The number of benzene rings is 1. The molecule has 0 aliphatic rings. The Kier molecular flexibility index (Phi) is 6.81. The van der Waals surface area contributed by atoms with Crippen LogP contribution in [0.2, 0.25) is 0 Å². The predicted octanol–water partition coefficient (Wildman–Crippen LogP) is 3.14. The quantitative estimate of drug-likeness (QED) is 0.601. The summed E-state index contributed by atoms with van der Waals surface area (Å²) in [5.41, 5.74) is 5.49. The van der Waals surface area contributed by atoms with Crippen LogP contribution >= 0.6 is 12.4 Å². The van der Waals surface area contributed by atoms with Gasteiger partial charge in [-0.1, -0.05) is 0 Å². The van der Waals surface area contributed by atoms with Crippen LogP contribution in [-0.2, 0) is 19.3 Å². The fourth-order valence-corrected chi connectivity index (χ4v) is 2.76. The number of nitrogens with two attached hydrogens (primary N) is 1. The molecule has 152 valence electrons. The second kappa shape index (κ2) is 8.72. The van der Waals surface area contributed by atoms with Gasteiger partial charge in [-0.2, -0.15) is 18.3 Å². The van der Waals surface area contributed by atoms with Crippen LogP contribution in [0.1, 0.15) is 5.56 Å². The van der Waals surface area contributed by atoms with Crippen LogP contribution < -0.4 is 5.73 Å². The van der Waals surface area contributed by atoms with Crippen LogP contribution in [0, 0.1) is 0 Å². The zero-order valence-electron chi connectivity index (χ0n) is 14.5. The van der Waals surface area contributed by atoms with E-state index in [1.165, 1.54) is 28.0 Å². The Morgan fingerprint density at radius 1 is 1.29 bits per heavy atom. The Bertz CT molecular complexity index is 980. The second-order valence-electron chi connectivity index (χ2n) is 5.86. The van der Waals surface area contributed by atoms with Crippen molar-refractivity contribution in [3.05, 3.63) is 48.3 Å². The maximum Gasteiger partial charge on any atom is 0.416 e. The predicted molar refractivity (Wildman–Crippen MR) is 98.5 cm³/mol. The first-order valence-corrected chi connectivity index (χ1v) is 8.08. The number of halogens is 5. The number of allylic oxidation sites excluding steroid dienone is 1. The zero-order chi connectivity index (χ0) is 19.6. The van der Waals surface area contributed by atoms with E-state index >= 15 is 0 Å². The molecule has 6 nitrogen and oxygen atoms in total. The molecule has 0 radical (unpaired) electrons. The Labute approximate surface area is 163 Å². The maximum absolute atomic E-state index is 13.8. The van der Waals surface area contributed by atoms with Crippen molar-refractivity contribution in [2.75, 3.05) is 13.2 Å². The minimum absolute atomic E-state index is 0. The van der Waals surface area contributed by atoms with Crippen molar-refractivity contribution in [1.82, 2.24) is 19.3 Å². The number of hydrogen-bond acceptors (Lipinski definition) is 4. The minimum Gasteiger partial charge on any atom is -0.394 e. The van der Waals surface area contributed by atoms with Crippen molar-refractivity contribution in [2.45, 2.75) is 19.3 Å². The van der Waals surface area contributed by atoms with Crippen molar-refractivity contribution in [3.8, 4) is 11.1 Å². The van der Waals surface area contributed by atoms with Crippen molar-refractivity contribution >= 4 is 23.4 Å². The number of aliphatic hydroxyl groups excluding tert-OH is 1. The number of fused-ring (bicyclic) bond motifs is 1. The topological polar surface area (TPSA) is 81.9 Å². The first-order chi connectivity index (χ1) is 12.8. The van der Waals surface area contributed by atoms with Gasteiger partial charge in [-0.3, -0.25) is 4.68 Å². The van der Waals surface area contributed by atoms with E-state index in [2.05, 4.69) is 10.1 Å². The third kappa shape index (κ3) is 4.51. The lowest BCUT2D eigenvalue weighted by molar-refractivity contribution is -0.137. The summed E-state index contributed by atoms with van der Waals surface area (Å²) in [6, 6.07) is 1.94. The lowest BCUT2D eigenvalue weighted by Crippen LogP contribution is -2.06. The minimum atomic E-state index is -4.58. The summed E-state index contributed by atoms with van der Waals surface area (Å²) in [4.78, 5) is 4.17. The molecule has 3 rings (SSSR count). The molecule has 0 amide bonds. The molecule has 3 N–H and O–H groups in total. The molecule has 2 heterocycles. The number of aromatic nitrogens is 4. The molecule has 0 unspecified atom stereocenters. The Hall–Kier alpha value is -2.43. The molecule has 0 aliphatic heterocycles. The zero-order valence-corrected chi connectivity index (χ0v) is 15.3. The van der Waals surface area contributed by atoms with E-state index in [1.54, 1.807) is 0 Å². The first-order valence-electron chi connectivity index (χ1n) is 8.08. The van der Waals surface area contributed by atoms with Gasteiger partial charge in [-0.05, 0) is 18.2 Å². The number of alkyl halides is 3. The molecular formula is C17H18ClF4N5O. The molecule has 0 fully saturated rings. The third-order valence-electron chi connectivity index (χ3n) is 3.99. The molecule has 2 aromatic heterocycles. The smallest absolute Gasteiger partial charge is 0.394 e. The van der Waals surface area contributed by atoms with Crippen LogP contribution in [0.4, 0.5) is 17.6 Å². The largest absolute Gasteiger partial charge is 0.416 e. The van der Waals surface area contributed by atoms with E-state index in [0.717, 1.165) is 18.2 Å². The maximum atomic E-state index is 13.8. The van der Waals surface area contributed by atoms with E-state index in [-0.39, 0.29) is 49.7 Å². The summed E-state index contributed by atoms with van der Waals surface area (Å²) >= 11 is 0. The van der Waals surface area contributed by atoms with Gasteiger partial charge in [0.2, 0.25) is 0 Å². The van der Waals surface area contributed by atoms with Crippen molar-refractivity contribution in [3.63, 3.8) is 0 Å². The van der Waals surface area contributed by atoms with E-state index in [4.69, 9.17) is 10.8 Å². The van der Waals surface area contributed by atoms with Crippen LogP contribution in [-0.4, -0.2) is 37.6 Å². The summed E-state index contributed by atoms with van der Waals surface area (Å²) in [7, 11) is 0. The highest BCUT2D eigenvalue weighted by atomic mass is 35.5. The van der Waals surface area contributed by atoms with Gasteiger partial charge in [0, 0.05) is 23.9 Å². The summed E-state index contributed by atoms with van der Waals surface area (Å²) < 4.78 is 56.7. The van der Waals surface area contributed by atoms with Crippen molar-refractivity contribution in [2.24, 2.45) is 5.73 Å². The Morgan fingerprint density at radius 2 is 2.04 bits per heavy atom. The average molecular weight is 420 g/mol. The van der Waals surface area contributed by atoms with Gasteiger partial charge in [0.15, 0.2) is 0 Å². The number of aliphatic hydroxyl groups is 1. The molecule has 3 aromatic rings. The number of rotatable bonds is 6. The van der Waals surface area contributed by atoms with Crippen LogP contribution in [0.5, 0.6) is 0 Å². The second-order valence-corrected chi connectivity index (χ2v) is 5.86. The normalized spacial score (nSPS) is 12.4. The summed E-state index contributed by atoms with van der Waals surface area (Å²) in [5.74, 6) is -0.563. The van der Waals surface area contributed by atoms with Gasteiger partial charge >= 0.3 is 6.18 Å². The highest BCUT2D eigenvalue weighted by Crippen LogP contribution is 2.36. The van der Waals surface area contributed by atoms with Gasteiger partial charge in [0.05, 0.1) is 48.8 Å². The van der Waals surface area contributed by atoms with Crippen molar-refractivity contribution in [1.29, 1.82) is 0 Å². The van der Waals surface area contributed by atoms with Crippen LogP contribution in [0.15, 0.2) is 42.8 Å². The standard InChI is InChI=1S/C17H17F4N5O.ClH/c18-13(1-2-22)9-25-10-23-16-14(11-7-24-26(8-11)3-4-27)5-12(6-15(16)25)17(19,20)21;/h1,5-8,10,27H,2-4,9,22H2;1H. The molecular weight excluding hydrogens is 402 g/mol. The summed E-state index contributed by atoms with van der Waals surface area (Å²) in [6.45, 7) is -0.216. The van der Waals surface area contributed by atoms with E-state index in [1.807, 2.05) is 0 Å². The summed E-state index contributed by atoms with van der Waals surface area (Å²) in [6.07, 6.45) is 0.790. The molecule has 1 aromatic carbocycles. The Morgan fingerprint density at radius 3 is 2.68 bits per heavy atom. The average Bonchev–Trinajstić information content (AvgIpc) is 3.21. The van der Waals surface area contributed by atoms with Gasteiger partial charge < -0.3 is 15.4 Å². The van der Waals surface area contributed by atoms with Gasteiger partial charge in [0.1, 0.15) is 5.83 Å². The molecule has 0 bridgehead atoms. The highest BCUT2D eigenvalue weighted by molar-refractivity contribution is 5.92. The monoisotopic (exact) mass is 419 g/mol. The highest BCUT2D eigenvalue weighted by Gasteiger charge is 2.32. The lowest BCUT2D eigenvalue weighted by Gasteiger charge is -2.11. The fourth-order valence-electron chi connectivity index (χ4n) is 2.76. The van der Waals surface area contributed by atoms with E-state index < -0.39 is 17.6 Å². The number of nitrogens with zero attached hydrogens (tertiary/aromatic N) is 4. The molecule has 0 aliphatic carbocycles. The molecule has 0 spiro atoms. The van der Waals surface area contributed by atoms with Crippen LogP contribution in [0.25, 0.3) is 22.2 Å². The lowest BCUT2D eigenvalue weighted by atomic mass is 10.0. The van der Waals surface area contributed by atoms with E-state index in [9.17, 15) is 17.6 Å². The molecule has 28 heavy (non-hydrogen) atoms. The van der Waals surface area contributed by atoms with Gasteiger partial charge in [0.25, 0.3) is 0 Å². The fraction of sp³-hybridized carbons (Fsp3) is 0.294. The number of hydrogen-bond donors (Lipinski definition) is 2.